The molecule has 0 unspecified atom stereocenters. The van der Waals surface area contributed by atoms with Gasteiger partial charge in [0, 0.05) is 18.2 Å². The third-order valence-corrected chi connectivity index (χ3v) is 8.58. The molecule has 1 saturated heterocycles. The van der Waals surface area contributed by atoms with Gasteiger partial charge in [0.1, 0.15) is 23.7 Å². The molecule has 11 heteroatoms. The number of anilines is 1. The molecule has 1 aromatic heterocycles. The van der Waals surface area contributed by atoms with Gasteiger partial charge in [-0.05, 0) is 28.8 Å². The van der Waals surface area contributed by atoms with E-state index in [2.05, 4.69) is 21.4 Å². The van der Waals surface area contributed by atoms with Crippen LogP contribution in [0, 0.1) is 11.3 Å². The number of carbonyl (C=O) groups excluding carboxylic acids is 3. The van der Waals surface area contributed by atoms with Crippen molar-refractivity contribution in [3.8, 4) is 6.07 Å². The van der Waals surface area contributed by atoms with E-state index >= 15 is 0 Å². The minimum Gasteiger partial charge on any atom is -0.461 e. The number of aromatic amines is 1. The molecule has 4 aromatic rings. The SMILES string of the molecule is CC(=O)OCC1=C(C(=O)OC(c2ccccc2)c2ccccc2)N2C(=O)[C@@H](Nc3nc4ccc(CC#N)cc4[nH]3)[C@H]2SC1. The number of hydrogen-bond donors (Lipinski definition) is 2. The average Bonchev–Trinajstić information content (AvgIpc) is 3.44. The van der Waals surface area contributed by atoms with Crippen LogP contribution in [-0.4, -0.2) is 56.5 Å². The lowest BCUT2D eigenvalue weighted by molar-refractivity contribution is -0.152. The zero-order chi connectivity index (χ0) is 29.9. The number of benzene rings is 3. The molecule has 2 aliphatic heterocycles. The number of hydrogen-bond acceptors (Lipinski definition) is 9. The highest BCUT2D eigenvalue weighted by Gasteiger charge is 2.54. The van der Waals surface area contributed by atoms with Crippen LogP contribution >= 0.6 is 11.8 Å². The topological polar surface area (TPSA) is 137 Å². The van der Waals surface area contributed by atoms with Crippen molar-refractivity contribution in [1.29, 1.82) is 5.26 Å². The number of carbonyl (C=O) groups is 3. The number of nitrogens with zero attached hydrogens (tertiary/aromatic N) is 3. The summed E-state index contributed by atoms with van der Waals surface area (Å²) in [7, 11) is 0. The van der Waals surface area contributed by atoms with E-state index in [0.29, 0.717) is 22.8 Å². The standard InChI is InChI=1S/C32H27N5O5S/c1-19(38)41-17-23-18-43-30-26(36-32-34-24-13-12-20(14-15-33)16-25(24)35-32)29(39)37(30)27(23)31(40)42-28(21-8-4-2-5-9-21)22-10-6-3-7-11-22/h2-13,16,26,28,30H,14,17-18H2,1H3,(H2,34,35,36)/t26-,30-/m1/s1. The first-order chi connectivity index (χ1) is 20.9. The van der Waals surface area contributed by atoms with E-state index in [1.807, 2.05) is 78.9 Å². The fourth-order valence-electron chi connectivity index (χ4n) is 5.19. The Labute approximate surface area is 251 Å². The van der Waals surface area contributed by atoms with Crippen LogP contribution in [-0.2, 0) is 30.3 Å². The Morgan fingerprint density at radius 3 is 2.47 bits per heavy atom. The van der Waals surface area contributed by atoms with Crippen LogP contribution in [0.3, 0.4) is 0 Å². The van der Waals surface area contributed by atoms with Crippen molar-refractivity contribution in [3.05, 3.63) is 107 Å². The molecule has 0 bridgehead atoms. The van der Waals surface area contributed by atoms with Crippen LogP contribution < -0.4 is 5.32 Å². The Morgan fingerprint density at radius 1 is 1.12 bits per heavy atom. The van der Waals surface area contributed by atoms with E-state index in [0.717, 1.165) is 22.2 Å². The van der Waals surface area contributed by atoms with E-state index in [9.17, 15) is 14.4 Å². The van der Waals surface area contributed by atoms with E-state index in [-0.39, 0.29) is 24.6 Å². The molecule has 3 heterocycles. The van der Waals surface area contributed by atoms with Gasteiger partial charge < -0.3 is 19.8 Å². The number of rotatable bonds is 9. The highest BCUT2D eigenvalue weighted by Crippen LogP contribution is 2.42. The maximum Gasteiger partial charge on any atom is 0.356 e. The number of H-pyrrole nitrogens is 1. The van der Waals surface area contributed by atoms with Crippen LogP contribution in [0.15, 0.2) is 90.1 Å². The largest absolute Gasteiger partial charge is 0.461 e. The smallest absolute Gasteiger partial charge is 0.356 e. The molecule has 1 amide bonds. The highest BCUT2D eigenvalue weighted by molar-refractivity contribution is 8.00. The molecule has 216 valence electrons. The summed E-state index contributed by atoms with van der Waals surface area (Å²) < 4.78 is 11.4. The van der Waals surface area contributed by atoms with Crippen LogP contribution in [0.5, 0.6) is 0 Å². The first kappa shape index (κ1) is 28.1. The summed E-state index contributed by atoms with van der Waals surface area (Å²) in [6.07, 6.45) is -0.430. The minimum absolute atomic E-state index is 0.0932. The molecule has 1 fully saturated rings. The lowest BCUT2D eigenvalue weighted by Gasteiger charge is -2.49. The molecular weight excluding hydrogens is 566 g/mol. The van der Waals surface area contributed by atoms with Gasteiger partial charge in [0.15, 0.2) is 6.10 Å². The second kappa shape index (κ2) is 12.0. The Morgan fingerprint density at radius 2 is 1.81 bits per heavy atom. The predicted octanol–water partition coefficient (Wildman–Crippen LogP) is 4.47. The zero-order valence-corrected chi connectivity index (χ0v) is 24.0. The van der Waals surface area contributed by atoms with Crippen molar-refractivity contribution in [3.63, 3.8) is 0 Å². The molecule has 10 nitrogen and oxygen atoms in total. The van der Waals surface area contributed by atoms with Gasteiger partial charge >= 0.3 is 11.9 Å². The minimum atomic E-state index is -0.711. The molecule has 0 aliphatic carbocycles. The van der Waals surface area contributed by atoms with Crippen molar-refractivity contribution in [1.82, 2.24) is 14.9 Å². The maximum atomic E-state index is 13.9. The van der Waals surface area contributed by atoms with Gasteiger partial charge in [-0.15, -0.1) is 11.8 Å². The number of aromatic nitrogens is 2. The Balaban J connectivity index is 1.27. The number of nitrogens with one attached hydrogen (secondary N) is 2. The number of thioether (sulfide) groups is 1. The van der Waals surface area contributed by atoms with Crippen molar-refractivity contribution >= 4 is 46.6 Å². The quantitative estimate of drug-likeness (QED) is 0.213. The first-order valence-corrected chi connectivity index (χ1v) is 14.7. The average molecular weight is 594 g/mol. The second-order valence-electron chi connectivity index (χ2n) is 10.1. The van der Waals surface area contributed by atoms with Crippen molar-refractivity contribution in [2.45, 2.75) is 30.9 Å². The Kier molecular flexibility index (Phi) is 7.85. The molecule has 43 heavy (non-hydrogen) atoms. The molecule has 2 aliphatic rings. The van der Waals surface area contributed by atoms with E-state index in [1.165, 1.54) is 23.6 Å². The monoisotopic (exact) mass is 593 g/mol. The van der Waals surface area contributed by atoms with Crippen LogP contribution in [0.1, 0.15) is 29.7 Å². The zero-order valence-electron chi connectivity index (χ0n) is 23.2. The molecule has 2 atom stereocenters. The van der Waals surface area contributed by atoms with E-state index in [1.54, 1.807) is 0 Å². The van der Waals surface area contributed by atoms with Crippen LogP contribution in [0.25, 0.3) is 11.0 Å². The Bertz CT molecular complexity index is 1730. The van der Waals surface area contributed by atoms with Gasteiger partial charge in [-0.2, -0.15) is 5.26 Å². The predicted molar refractivity (Wildman–Crippen MR) is 160 cm³/mol. The fraction of sp³-hybridized carbons (Fsp3) is 0.219. The summed E-state index contributed by atoms with van der Waals surface area (Å²) in [6, 6.07) is 25.8. The van der Waals surface area contributed by atoms with Gasteiger partial charge in [-0.3, -0.25) is 14.5 Å². The summed E-state index contributed by atoms with van der Waals surface area (Å²) in [6.45, 7) is 1.17. The van der Waals surface area contributed by atoms with Crippen molar-refractivity contribution in [2.75, 3.05) is 17.7 Å². The first-order valence-electron chi connectivity index (χ1n) is 13.7. The van der Waals surface area contributed by atoms with Crippen LogP contribution in [0.2, 0.25) is 0 Å². The molecule has 0 radical (unpaired) electrons. The summed E-state index contributed by atoms with van der Waals surface area (Å²) in [5.41, 5.74) is 4.46. The van der Waals surface area contributed by atoms with Crippen molar-refractivity contribution in [2.24, 2.45) is 0 Å². The van der Waals surface area contributed by atoms with Gasteiger partial charge in [0.25, 0.3) is 5.91 Å². The van der Waals surface area contributed by atoms with Crippen molar-refractivity contribution < 1.29 is 23.9 Å². The van der Waals surface area contributed by atoms with Gasteiger partial charge in [-0.1, -0.05) is 66.7 Å². The molecular formula is C32H27N5O5S. The third-order valence-electron chi connectivity index (χ3n) is 7.24. The molecule has 6 rings (SSSR count). The summed E-state index contributed by atoms with van der Waals surface area (Å²) >= 11 is 1.46. The lowest BCUT2D eigenvalue weighted by Crippen LogP contribution is -2.68. The number of fused-ring (bicyclic) bond motifs is 2. The lowest BCUT2D eigenvalue weighted by atomic mass is 10.0. The normalized spacial score (nSPS) is 17.7. The van der Waals surface area contributed by atoms with E-state index < -0.39 is 29.5 Å². The summed E-state index contributed by atoms with van der Waals surface area (Å²) in [5, 5.41) is 11.8. The summed E-state index contributed by atoms with van der Waals surface area (Å²) in [4.78, 5) is 48.3. The number of β-lactam (4-membered cyclic amide) rings is 1. The molecule has 2 N–H and O–H groups in total. The highest BCUT2D eigenvalue weighted by atomic mass is 32.2. The number of nitriles is 1. The second-order valence-corrected chi connectivity index (χ2v) is 11.2. The van der Waals surface area contributed by atoms with Gasteiger partial charge in [0.2, 0.25) is 5.95 Å². The van der Waals surface area contributed by atoms with E-state index in [4.69, 9.17) is 14.7 Å². The van der Waals surface area contributed by atoms with Gasteiger partial charge in [0.05, 0.1) is 23.5 Å². The number of ether oxygens (including phenoxy) is 2. The fourth-order valence-corrected chi connectivity index (χ4v) is 6.52. The van der Waals surface area contributed by atoms with Gasteiger partial charge in [-0.25, -0.2) is 9.78 Å². The number of imidazole rings is 1. The Hall–Kier alpha value is -5.08. The summed E-state index contributed by atoms with van der Waals surface area (Å²) in [5.74, 6) is -0.716. The third kappa shape index (κ3) is 5.69. The number of esters is 2. The molecule has 3 aromatic carbocycles. The molecule has 0 spiro atoms. The molecule has 0 saturated carbocycles. The van der Waals surface area contributed by atoms with Crippen LogP contribution in [0.4, 0.5) is 5.95 Å². The number of amides is 1. The maximum absolute atomic E-state index is 13.9.